The average molecular weight is 299 g/mol. The zero-order valence-electron chi connectivity index (χ0n) is 11.2. The second-order valence-corrected chi connectivity index (χ2v) is 5.18. The molecule has 1 aliphatic rings. The molecule has 1 aliphatic carbocycles. The second-order valence-electron chi connectivity index (χ2n) is 5.18. The van der Waals surface area contributed by atoms with E-state index in [-0.39, 0.29) is 0 Å². The summed E-state index contributed by atoms with van der Waals surface area (Å²) >= 11 is 0. The van der Waals surface area contributed by atoms with Crippen LogP contribution in [-0.2, 0) is 4.79 Å². The summed E-state index contributed by atoms with van der Waals surface area (Å²) in [7, 11) is 0. The molecule has 8 heteroatoms. The maximum atomic E-state index is 13.7. The fourth-order valence-corrected chi connectivity index (χ4v) is 2.46. The first-order chi connectivity index (χ1) is 9.85. The molecule has 21 heavy (non-hydrogen) atoms. The van der Waals surface area contributed by atoms with Gasteiger partial charge in [0.15, 0.2) is 17.3 Å². The van der Waals surface area contributed by atoms with Gasteiger partial charge in [0.2, 0.25) is 5.91 Å². The van der Waals surface area contributed by atoms with Crippen LogP contribution in [0.3, 0.4) is 0 Å². The monoisotopic (exact) mass is 299 g/mol. The Morgan fingerprint density at radius 1 is 1.29 bits per heavy atom. The molecule has 2 rings (SSSR count). The molecule has 0 radical (unpaired) electrons. The molecule has 1 amide bonds. The topological polar surface area (TPSA) is 98.3 Å². The summed E-state index contributed by atoms with van der Waals surface area (Å²) in [4.78, 5) is 22.1. The number of hydrogen-bond donors (Lipinski definition) is 2. The summed E-state index contributed by atoms with van der Waals surface area (Å²) < 4.78 is 27.0. The maximum Gasteiger partial charge on any atom is 0.296 e. The number of nitrogens with zero attached hydrogens (tertiary/aromatic N) is 1. The average Bonchev–Trinajstić information content (AvgIpc) is 2.44. The van der Waals surface area contributed by atoms with Crippen LogP contribution in [0.25, 0.3) is 0 Å². The Kier molecular flexibility index (Phi) is 4.17. The lowest BCUT2D eigenvalue weighted by Gasteiger charge is -2.31. The first kappa shape index (κ1) is 15.3. The highest BCUT2D eigenvalue weighted by Gasteiger charge is 2.37. The van der Waals surface area contributed by atoms with Crippen LogP contribution < -0.4 is 11.1 Å². The summed E-state index contributed by atoms with van der Waals surface area (Å²) in [6, 6.07) is 1.44. The molecular formula is C13H15F2N3O3. The highest BCUT2D eigenvalue weighted by Crippen LogP contribution is 2.32. The van der Waals surface area contributed by atoms with Crippen molar-refractivity contribution in [1.29, 1.82) is 0 Å². The lowest BCUT2D eigenvalue weighted by Crippen LogP contribution is -2.52. The van der Waals surface area contributed by atoms with Gasteiger partial charge in [0.1, 0.15) is 0 Å². The lowest BCUT2D eigenvalue weighted by molar-refractivity contribution is -0.384. The molecule has 0 atom stereocenters. The number of hydrogen-bond acceptors (Lipinski definition) is 4. The summed E-state index contributed by atoms with van der Waals surface area (Å²) in [6.07, 6.45) is 3.25. The first-order valence-electron chi connectivity index (χ1n) is 6.58. The van der Waals surface area contributed by atoms with E-state index in [2.05, 4.69) is 5.32 Å². The molecule has 0 bridgehead atoms. The Labute approximate surface area is 119 Å². The Hall–Kier alpha value is -2.09. The number of nitro groups is 1. The third-order valence-corrected chi connectivity index (χ3v) is 3.71. The van der Waals surface area contributed by atoms with Gasteiger partial charge >= 0.3 is 0 Å². The fourth-order valence-electron chi connectivity index (χ4n) is 2.46. The molecule has 0 unspecified atom stereocenters. The number of nitrogens with one attached hydrogen (secondary N) is 1. The van der Waals surface area contributed by atoms with Gasteiger partial charge in [-0.25, -0.2) is 8.78 Å². The van der Waals surface area contributed by atoms with Crippen LogP contribution in [0, 0.1) is 21.7 Å². The molecule has 0 spiro atoms. The van der Waals surface area contributed by atoms with Gasteiger partial charge in [-0.05, 0) is 18.9 Å². The van der Waals surface area contributed by atoms with E-state index in [1.165, 1.54) is 0 Å². The van der Waals surface area contributed by atoms with Gasteiger partial charge in [0.05, 0.1) is 10.5 Å². The van der Waals surface area contributed by atoms with Gasteiger partial charge in [-0.1, -0.05) is 19.3 Å². The van der Waals surface area contributed by atoms with Crippen molar-refractivity contribution in [1.82, 2.24) is 0 Å². The van der Waals surface area contributed by atoms with Gasteiger partial charge < -0.3 is 11.1 Å². The molecular weight excluding hydrogens is 284 g/mol. The minimum atomic E-state index is -1.46. The SMILES string of the molecule is NC1(C(=O)Nc2c([N+](=O)[O-])ccc(F)c2F)CCCCC1. The molecule has 0 saturated heterocycles. The molecule has 1 aromatic carbocycles. The number of halogens is 2. The van der Waals surface area contributed by atoms with Crippen molar-refractivity contribution in [2.75, 3.05) is 5.32 Å². The Balaban J connectivity index is 2.32. The first-order valence-corrected chi connectivity index (χ1v) is 6.58. The van der Waals surface area contributed by atoms with E-state index in [1.807, 2.05) is 0 Å². The Morgan fingerprint density at radius 2 is 1.90 bits per heavy atom. The molecule has 0 aromatic heterocycles. The molecule has 3 N–H and O–H groups in total. The van der Waals surface area contributed by atoms with E-state index in [1.54, 1.807) is 0 Å². The van der Waals surface area contributed by atoms with E-state index in [0.29, 0.717) is 18.9 Å². The summed E-state index contributed by atoms with van der Waals surface area (Å²) in [5.74, 6) is -3.46. The molecule has 1 aromatic rings. The minimum Gasteiger partial charge on any atom is -0.317 e. The van der Waals surface area contributed by atoms with Crippen LogP contribution in [0.5, 0.6) is 0 Å². The van der Waals surface area contributed by atoms with Crippen LogP contribution in [0.2, 0.25) is 0 Å². The van der Waals surface area contributed by atoms with Crippen molar-refractivity contribution in [3.8, 4) is 0 Å². The number of nitro benzene ring substituents is 1. The van der Waals surface area contributed by atoms with Crippen LogP contribution in [-0.4, -0.2) is 16.4 Å². The number of carbonyl (C=O) groups excluding carboxylic acids is 1. The van der Waals surface area contributed by atoms with Crippen LogP contribution in [0.1, 0.15) is 32.1 Å². The Morgan fingerprint density at radius 3 is 2.48 bits per heavy atom. The number of amides is 1. The van der Waals surface area contributed by atoms with Crippen molar-refractivity contribution in [2.24, 2.45) is 5.73 Å². The molecule has 114 valence electrons. The second kappa shape index (κ2) is 5.72. The van der Waals surface area contributed by atoms with Crippen molar-refractivity contribution in [3.63, 3.8) is 0 Å². The van der Waals surface area contributed by atoms with Gasteiger partial charge in [0, 0.05) is 6.07 Å². The third-order valence-electron chi connectivity index (χ3n) is 3.71. The highest BCUT2D eigenvalue weighted by atomic mass is 19.2. The van der Waals surface area contributed by atoms with Gasteiger partial charge in [0.25, 0.3) is 5.69 Å². The third kappa shape index (κ3) is 2.99. The number of carbonyl (C=O) groups is 1. The lowest BCUT2D eigenvalue weighted by atomic mass is 9.82. The summed E-state index contributed by atoms with van der Waals surface area (Å²) in [5, 5.41) is 12.9. The number of rotatable bonds is 3. The fraction of sp³-hybridized carbons (Fsp3) is 0.462. The van der Waals surface area contributed by atoms with E-state index in [0.717, 1.165) is 25.3 Å². The van der Waals surface area contributed by atoms with Crippen LogP contribution >= 0.6 is 0 Å². The standard InChI is InChI=1S/C13H15F2N3O3/c14-8-4-5-9(18(20)21)11(10(8)15)17-12(19)13(16)6-2-1-3-7-13/h4-5H,1-3,6-7,16H2,(H,17,19). The number of benzene rings is 1. The van der Waals surface area contributed by atoms with E-state index < -0.39 is 39.4 Å². The molecule has 1 saturated carbocycles. The van der Waals surface area contributed by atoms with Crippen LogP contribution in [0.15, 0.2) is 12.1 Å². The summed E-state index contributed by atoms with van der Waals surface area (Å²) in [6.45, 7) is 0. The molecule has 1 fully saturated rings. The zero-order chi connectivity index (χ0) is 15.6. The predicted molar refractivity (Wildman–Crippen MR) is 71.6 cm³/mol. The number of anilines is 1. The van der Waals surface area contributed by atoms with Gasteiger partial charge in [-0.2, -0.15) is 0 Å². The van der Waals surface area contributed by atoms with E-state index >= 15 is 0 Å². The molecule has 0 aliphatic heterocycles. The van der Waals surface area contributed by atoms with E-state index in [4.69, 9.17) is 5.73 Å². The molecule has 0 heterocycles. The number of nitrogens with two attached hydrogens (primary N) is 1. The minimum absolute atomic E-state index is 0.406. The van der Waals surface area contributed by atoms with Crippen molar-refractivity contribution >= 4 is 17.3 Å². The molecule has 6 nitrogen and oxygen atoms in total. The van der Waals surface area contributed by atoms with Crippen molar-refractivity contribution in [3.05, 3.63) is 33.9 Å². The van der Waals surface area contributed by atoms with Crippen molar-refractivity contribution < 1.29 is 18.5 Å². The maximum absolute atomic E-state index is 13.7. The zero-order valence-corrected chi connectivity index (χ0v) is 11.2. The van der Waals surface area contributed by atoms with Gasteiger partial charge in [-0.15, -0.1) is 0 Å². The van der Waals surface area contributed by atoms with Gasteiger partial charge in [-0.3, -0.25) is 14.9 Å². The highest BCUT2D eigenvalue weighted by molar-refractivity contribution is 5.99. The Bertz CT molecular complexity index is 586. The summed E-state index contributed by atoms with van der Waals surface area (Å²) in [5.41, 5.74) is 3.28. The van der Waals surface area contributed by atoms with Crippen molar-refractivity contribution in [2.45, 2.75) is 37.6 Å². The smallest absolute Gasteiger partial charge is 0.296 e. The normalized spacial score (nSPS) is 17.3. The predicted octanol–water partition coefficient (Wildman–Crippen LogP) is 2.47. The quantitative estimate of drug-likeness (QED) is 0.661. The van der Waals surface area contributed by atoms with E-state index in [9.17, 15) is 23.7 Å². The largest absolute Gasteiger partial charge is 0.317 e. The van der Waals surface area contributed by atoms with Crippen LogP contribution in [0.4, 0.5) is 20.2 Å².